The number of ether oxygens (including phenoxy) is 2. The first-order valence-corrected chi connectivity index (χ1v) is 7.87. The second kappa shape index (κ2) is 8.50. The molecular weight excluding hydrogens is 362 g/mol. The zero-order valence-corrected chi connectivity index (χ0v) is 14.4. The normalized spacial score (nSPS) is 10.3. The van der Waals surface area contributed by atoms with E-state index in [2.05, 4.69) is 26.2 Å². The molecule has 1 amide bonds. The maximum Gasteiger partial charge on any atom is 0.255 e. The first-order chi connectivity index (χ1) is 11.1. The van der Waals surface area contributed by atoms with Gasteiger partial charge in [0.2, 0.25) is 0 Å². The van der Waals surface area contributed by atoms with Crippen LogP contribution in [0.5, 0.6) is 11.5 Å². The Morgan fingerprint density at radius 1 is 1.26 bits per heavy atom. The van der Waals surface area contributed by atoms with E-state index in [4.69, 9.17) is 15.2 Å². The van der Waals surface area contributed by atoms with Crippen molar-refractivity contribution in [2.24, 2.45) is 5.73 Å². The van der Waals surface area contributed by atoms with E-state index in [0.29, 0.717) is 11.5 Å². The molecule has 0 aliphatic rings. The number of nitrogens with zero attached hydrogens (tertiary/aromatic N) is 1. The molecule has 0 bridgehead atoms. The zero-order chi connectivity index (χ0) is 16.7. The first-order valence-electron chi connectivity index (χ1n) is 7.08. The predicted octanol–water partition coefficient (Wildman–Crippen LogP) is 0.980. The van der Waals surface area contributed by atoms with Crippen molar-refractivity contribution in [1.82, 2.24) is 4.98 Å². The molecule has 2 rings (SSSR count). The van der Waals surface area contributed by atoms with Gasteiger partial charge in [0, 0.05) is 23.5 Å². The fourth-order valence-electron chi connectivity index (χ4n) is 2.10. The van der Waals surface area contributed by atoms with Crippen LogP contribution in [0, 0.1) is 0 Å². The molecule has 2 aromatic rings. The summed E-state index contributed by atoms with van der Waals surface area (Å²) in [6.07, 6.45) is 3.57. The number of halogens is 1. The number of amides is 1. The molecule has 1 heterocycles. The van der Waals surface area contributed by atoms with Gasteiger partial charge in [-0.25, -0.2) is 0 Å². The SMILES string of the molecule is COc1cc(C[NH2+]Cc2ccncc2)cc(Br)c1OCC(N)=O. The molecule has 6 nitrogen and oxygen atoms in total. The second-order valence-electron chi connectivity index (χ2n) is 4.92. The predicted molar refractivity (Wildman–Crippen MR) is 89.0 cm³/mol. The van der Waals surface area contributed by atoms with E-state index in [1.807, 2.05) is 24.3 Å². The van der Waals surface area contributed by atoms with Crippen molar-refractivity contribution < 1.29 is 19.6 Å². The zero-order valence-electron chi connectivity index (χ0n) is 12.8. The van der Waals surface area contributed by atoms with Crippen LogP contribution >= 0.6 is 15.9 Å². The van der Waals surface area contributed by atoms with Crippen molar-refractivity contribution in [3.8, 4) is 11.5 Å². The molecule has 1 aromatic carbocycles. The number of primary amides is 1. The minimum absolute atomic E-state index is 0.192. The Morgan fingerprint density at radius 3 is 2.61 bits per heavy atom. The van der Waals surface area contributed by atoms with Gasteiger partial charge in [-0.05, 0) is 40.2 Å². The van der Waals surface area contributed by atoms with Crippen LogP contribution < -0.4 is 20.5 Å². The summed E-state index contributed by atoms with van der Waals surface area (Å²) >= 11 is 3.45. The van der Waals surface area contributed by atoms with Gasteiger partial charge in [-0.2, -0.15) is 0 Å². The molecule has 0 unspecified atom stereocenters. The highest BCUT2D eigenvalue weighted by molar-refractivity contribution is 9.10. The summed E-state index contributed by atoms with van der Waals surface area (Å²) < 4.78 is 11.4. The van der Waals surface area contributed by atoms with E-state index in [-0.39, 0.29) is 6.61 Å². The summed E-state index contributed by atoms with van der Waals surface area (Å²) in [5.41, 5.74) is 7.40. The Hall–Kier alpha value is -2.12. The number of pyridine rings is 1. The van der Waals surface area contributed by atoms with Gasteiger partial charge in [0.25, 0.3) is 5.91 Å². The van der Waals surface area contributed by atoms with Crippen LogP contribution in [0.2, 0.25) is 0 Å². The number of rotatable bonds is 8. The molecule has 1 aromatic heterocycles. The van der Waals surface area contributed by atoms with Gasteiger partial charge in [-0.15, -0.1) is 0 Å². The molecule has 122 valence electrons. The van der Waals surface area contributed by atoms with Gasteiger partial charge < -0.3 is 20.5 Å². The summed E-state index contributed by atoms with van der Waals surface area (Å²) in [5.74, 6) is 0.505. The fourth-order valence-corrected chi connectivity index (χ4v) is 2.70. The van der Waals surface area contributed by atoms with Crippen molar-refractivity contribution in [2.45, 2.75) is 13.1 Å². The number of aromatic nitrogens is 1. The number of benzene rings is 1. The van der Waals surface area contributed by atoms with Crippen LogP contribution in [0.3, 0.4) is 0 Å². The number of hydrogen-bond acceptors (Lipinski definition) is 4. The van der Waals surface area contributed by atoms with Crippen LogP contribution in [0.4, 0.5) is 0 Å². The molecule has 0 aliphatic heterocycles. The van der Waals surface area contributed by atoms with Gasteiger partial charge in [-0.1, -0.05) is 0 Å². The first kappa shape index (κ1) is 17.2. The number of hydrogen-bond donors (Lipinski definition) is 2. The molecule has 7 heteroatoms. The third-order valence-electron chi connectivity index (χ3n) is 3.16. The van der Waals surface area contributed by atoms with Gasteiger partial charge in [-0.3, -0.25) is 9.78 Å². The van der Waals surface area contributed by atoms with Gasteiger partial charge in [0.1, 0.15) is 13.1 Å². The Bertz CT molecular complexity index is 665. The molecule has 0 aliphatic carbocycles. The lowest BCUT2D eigenvalue weighted by Crippen LogP contribution is -2.80. The van der Waals surface area contributed by atoms with Crippen LogP contribution in [-0.4, -0.2) is 24.6 Å². The number of quaternary nitrogens is 1. The average molecular weight is 381 g/mol. The Kier molecular flexibility index (Phi) is 6.37. The molecule has 0 saturated carbocycles. The lowest BCUT2D eigenvalue weighted by atomic mass is 10.2. The smallest absolute Gasteiger partial charge is 0.255 e. The monoisotopic (exact) mass is 380 g/mol. The standard InChI is InChI=1S/C16H18BrN3O3/c1-22-14-7-12(6-13(17)16(14)23-10-15(18)21)9-20-8-11-2-4-19-5-3-11/h2-7,20H,8-10H2,1H3,(H2,18,21)/p+1. The summed E-state index contributed by atoms with van der Waals surface area (Å²) in [4.78, 5) is 14.9. The highest BCUT2D eigenvalue weighted by Gasteiger charge is 2.13. The van der Waals surface area contributed by atoms with E-state index in [1.54, 1.807) is 19.5 Å². The minimum atomic E-state index is -0.534. The number of methoxy groups -OCH3 is 1. The molecule has 0 atom stereocenters. The average Bonchev–Trinajstić information content (AvgIpc) is 2.54. The highest BCUT2D eigenvalue weighted by atomic mass is 79.9. The topological polar surface area (TPSA) is 91.1 Å². The van der Waals surface area contributed by atoms with E-state index >= 15 is 0 Å². The lowest BCUT2D eigenvalue weighted by molar-refractivity contribution is -0.686. The largest absolute Gasteiger partial charge is 0.493 e. The highest BCUT2D eigenvalue weighted by Crippen LogP contribution is 2.36. The maximum absolute atomic E-state index is 10.9. The maximum atomic E-state index is 10.9. The fraction of sp³-hybridized carbons (Fsp3) is 0.250. The van der Waals surface area contributed by atoms with E-state index < -0.39 is 5.91 Å². The van der Waals surface area contributed by atoms with Gasteiger partial charge >= 0.3 is 0 Å². The van der Waals surface area contributed by atoms with E-state index in [1.165, 1.54) is 5.56 Å². The lowest BCUT2D eigenvalue weighted by Gasteiger charge is -2.13. The molecule has 23 heavy (non-hydrogen) atoms. The third kappa shape index (κ3) is 5.22. The van der Waals surface area contributed by atoms with E-state index in [9.17, 15) is 4.79 Å². The molecule has 0 spiro atoms. The van der Waals surface area contributed by atoms with Crippen molar-refractivity contribution in [1.29, 1.82) is 0 Å². The van der Waals surface area contributed by atoms with Crippen molar-refractivity contribution in [3.05, 3.63) is 52.3 Å². The quantitative estimate of drug-likeness (QED) is 0.713. The third-order valence-corrected chi connectivity index (χ3v) is 3.75. The summed E-state index contributed by atoms with van der Waals surface area (Å²) in [7, 11) is 1.56. The summed E-state index contributed by atoms with van der Waals surface area (Å²) in [6, 6.07) is 7.83. The molecule has 0 radical (unpaired) electrons. The number of carbonyl (C=O) groups excluding carboxylic acids is 1. The number of nitrogens with two attached hydrogens (primary N) is 2. The Labute approximate surface area is 143 Å². The van der Waals surface area contributed by atoms with Crippen LogP contribution in [0.15, 0.2) is 41.1 Å². The van der Waals surface area contributed by atoms with Crippen LogP contribution in [0.25, 0.3) is 0 Å². The molecule has 4 N–H and O–H groups in total. The Morgan fingerprint density at radius 2 is 1.96 bits per heavy atom. The van der Waals surface area contributed by atoms with Crippen LogP contribution in [0.1, 0.15) is 11.1 Å². The number of carbonyl (C=O) groups is 1. The minimum Gasteiger partial charge on any atom is -0.493 e. The van der Waals surface area contributed by atoms with Gasteiger partial charge in [0.05, 0.1) is 11.6 Å². The summed E-state index contributed by atoms with van der Waals surface area (Å²) in [6.45, 7) is 1.46. The molecular formula is C16H19BrN3O3+. The molecule has 0 saturated heterocycles. The van der Waals surface area contributed by atoms with Crippen molar-refractivity contribution >= 4 is 21.8 Å². The van der Waals surface area contributed by atoms with Crippen molar-refractivity contribution in [3.63, 3.8) is 0 Å². The van der Waals surface area contributed by atoms with Gasteiger partial charge in [0.15, 0.2) is 18.1 Å². The Balaban J connectivity index is 2.02. The van der Waals surface area contributed by atoms with Crippen molar-refractivity contribution in [2.75, 3.05) is 13.7 Å². The van der Waals surface area contributed by atoms with E-state index in [0.717, 1.165) is 23.1 Å². The van der Waals surface area contributed by atoms with Crippen LogP contribution in [-0.2, 0) is 17.9 Å². The second-order valence-corrected chi connectivity index (χ2v) is 5.77. The summed E-state index contributed by atoms with van der Waals surface area (Å²) in [5, 5.41) is 2.18. The molecule has 0 fully saturated rings.